The van der Waals surface area contributed by atoms with Crippen molar-refractivity contribution in [2.24, 2.45) is 0 Å². The third kappa shape index (κ3) is 4.54. The van der Waals surface area contributed by atoms with Crippen LogP contribution in [-0.4, -0.2) is 35.5 Å². The van der Waals surface area contributed by atoms with Crippen LogP contribution in [0.3, 0.4) is 0 Å². The number of ether oxygens (including phenoxy) is 2. The second-order valence-corrected chi connectivity index (χ2v) is 6.01. The number of carbonyl (C=O) groups is 3. The van der Waals surface area contributed by atoms with Crippen LogP contribution in [0.15, 0.2) is 18.2 Å². The Morgan fingerprint density at radius 1 is 1.14 bits per heavy atom. The summed E-state index contributed by atoms with van der Waals surface area (Å²) in [5.41, 5.74) is 0.999. The Morgan fingerprint density at radius 2 is 1.82 bits per heavy atom. The number of aromatic nitrogens is 1. The Labute approximate surface area is 160 Å². The Morgan fingerprint density at radius 3 is 2.43 bits per heavy atom. The fourth-order valence-corrected chi connectivity index (χ4v) is 2.55. The van der Waals surface area contributed by atoms with Crippen LogP contribution in [-0.2, 0) is 14.3 Å². The molecule has 0 unspecified atom stereocenters. The summed E-state index contributed by atoms with van der Waals surface area (Å²) in [4.78, 5) is 39.3. The first-order valence-electron chi connectivity index (χ1n) is 8.48. The minimum Gasteiger partial charge on any atom is -0.461 e. The Balaban J connectivity index is 2.10. The Bertz CT molecular complexity index is 923. The lowest BCUT2D eigenvalue weighted by atomic mass is 10.1. The van der Waals surface area contributed by atoms with Gasteiger partial charge in [0.25, 0.3) is 5.91 Å². The number of esters is 2. The van der Waals surface area contributed by atoms with Crippen LogP contribution >= 0.6 is 0 Å². The van der Waals surface area contributed by atoms with Crippen molar-refractivity contribution in [3.8, 4) is 0 Å². The Hall–Kier alpha value is -3.23. The lowest BCUT2D eigenvalue weighted by molar-refractivity contribution is -0.123. The third-order valence-electron chi connectivity index (χ3n) is 3.96. The molecular weight excluding hydrogens is 374 g/mol. The third-order valence-corrected chi connectivity index (χ3v) is 3.96. The van der Waals surface area contributed by atoms with Gasteiger partial charge in [-0.1, -0.05) is 0 Å². The van der Waals surface area contributed by atoms with Crippen molar-refractivity contribution in [2.75, 3.05) is 11.9 Å². The van der Waals surface area contributed by atoms with E-state index < -0.39 is 35.6 Å². The molecule has 1 atom stereocenters. The maximum atomic E-state index is 13.2. The van der Waals surface area contributed by atoms with E-state index in [0.29, 0.717) is 11.3 Å². The molecule has 1 heterocycles. The van der Waals surface area contributed by atoms with Crippen molar-refractivity contribution >= 4 is 23.5 Å². The molecular formula is C19H20F2N2O5. The average molecular weight is 394 g/mol. The molecule has 2 aromatic rings. The van der Waals surface area contributed by atoms with E-state index in [0.717, 1.165) is 12.1 Å². The van der Waals surface area contributed by atoms with Gasteiger partial charge in [0.05, 0.1) is 12.2 Å². The molecule has 1 aromatic heterocycles. The molecule has 0 spiro atoms. The molecule has 2 rings (SSSR count). The van der Waals surface area contributed by atoms with Crippen molar-refractivity contribution in [3.63, 3.8) is 0 Å². The molecule has 150 valence electrons. The number of carbonyl (C=O) groups excluding carboxylic acids is 3. The van der Waals surface area contributed by atoms with E-state index in [9.17, 15) is 23.2 Å². The number of aromatic amines is 1. The summed E-state index contributed by atoms with van der Waals surface area (Å²) in [6.45, 7) is 6.30. The number of rotatable bonds is 6. The molecule has 0 saturated carbocycles. The maximum Gasteiger partial charge on any atom is 0.355 e. The van der Waals surface area contributed by atoms with Gasteiger partial charge < -0.3 is 19.8 Å². The van der Waals surface area contributed by atoms with Gasteiger partial charge >= 0.3 is 11.9 Å². The lowest BCUT2D eigenvalue weighted by Gasteiger charge is -2.14. The molecule has 0 aliphatic heterocycles. The average Bonchev–Trinajstić information content (AvgIpc) is 2.92. The van der Waals surface area contributed by atoms with Crippen molar-refractivity contribution < 1.29 is 32.6 Å². The quantitative estimate of drug-likeness (QED) is 0.733. The van der Waals surface area contributed by atoms with E-state index in [2.05, 4.69) is 10.3 Å². The summed E-state index contributed by atoms with van der Waals surface area (Å²) < 4.78 is 36.2. The highest BCUT2D eigenvalue weighted by molar-refractivity contribution is 6.01. The maximum absolute atomic E-state index is 13.2. The summed E-state index contributed by atoms with van der Waals surface area (Å²) in [6.07, 6.45) is -1.22. The molecule has 0 radical (unpaired) electrons. The van der Waals surface area contributed by atoms with E-state index in [1.807, 2.05) is 0 Å². The standard InChI is InChI=1S/C19H20F2N2O5/c1-5-27-19(26)16-9(2)15(10(3)22-16)18(25)28-11(4)17(24)23-12-6-7-13(20)14(21)8-12/h6-8,11,22H,5H2,1-4H3,(H,23,24)/t11-/m0/s1. The fourth-order valence-electron chi connectivity index (χ4n) is 2.55. The van der Waals surface area contributed by atoms with Crippen LogP contribution in [0.1, 0.15) is 46.0 Å². The summed E-state index contributed by atoms with van der Waals surface area (Å²) in [7, 11) is 0. The summed E-state index contributed by atoms with van der Waals surface area (Å²) >= 11 is 0. The number of H-pyrrole nitrogens is 1. The molecule has 7 nitrogen and oxygen atoms in total. The second kappa shape index (κ2) is 8.64. The van der Waals surface area contributed by atoms with Crippen molar-refractivity contribution in [3.05, 3.63) is 52.3 Å². The minimum absolute atomic E-state index is 0.0189. The van der Waals surface area contributed by atoms with Crippen molar-refractivity contribution in [2.45, 2.75) is 33.8 Å². The highest BCUT2D eigenvalue weighted by Gasteiger charge is 2.26. The van der Waals surface area contributed by atoms with Gasteiger partial charge in [0.2, 0.25) is 0 Å². The second-order valence-electron chi connectivity index (χ2n) is 6.01. The predicted molar refractivity (Wildman–Crippen MR) is 96.1 cm³/mol. The van der Waals surface area contributed by atoms with Crippen LogP contribution in [0.4, 0.5) is 14.5 Å². The van der Waals surface area contributed by atoms with Gasteiger partial charge in [-0.05, 0) is 45.4 Å². The van der Waals surface area contributed by atoms with Crippen LogP contribution in [0.5, 0.6) is 0 Å². The number of nitrogens with one attached hydrogen (secondary N) is 2. The van der Waals surface area contributed by atoms with Crippen LogP contribution in [0.25, 0.3) is 0 Å². The normalized spacial score (nSPS) is 11.6. The van der Waals surface area contributed by atoms with E-state index in [-0.39, 0.29) is 23.6 Å². The zero-order valence-electron chi connectivity index (χ0n) is 15.8. The molecule has 0 bridgehead atoms. The molecule has 1 aromatic carbocycles. The van der Waals surface area contributed by atoms with Gasteiger partial charge in [-0.15, -0.1) is 0 Å². The van der Waals surface area contributed by atoms with E-state index in [4.69, 9.17) is 9.47 Å². The van der Waals surface area contributed by atoms with E-state index in [1.54, 1.807) is 20.8 Å². The number of anilines is 1. The van der Waals surface area contributed by atoms with Gasteiger partial charge in [0.15, 0.2) is 17.7 Å². The molecule has 0 saturated heterocycles. The van der Waals surface area contributed by atoms with Crippen LogP contribution in [0, 0.1) is 25.5 Å². The Kier molecular flexibility index (Phi) is 6.50. The lowest BCUT2D eigenvalue weighted by Crippen LogP contribution is -2.30. The van der Waals surface area contributed by atoms with Crippen LogP contribution < -0.4 is 5.32 Å². The van der Waals surface area contributed by atoms with Gasteiger partial charge in [-0.3, -0.25) is 4.79 Å². The monoisotopic (exact) mass is 394 g/mol. The SMILES string of the molecule is CCOC(=O)c1[nH]c(C)c(C(=O)O[C@@H](C)C(=O)Nc2ccc(F)c(F)c2)c1C. The molecule has 2 N–H and O–H groups in total. The van der Waals surface area contributed by atoms with Gasteiger partial charge in [-0.2, -0.15) is 0 Å². The number of amides is 1. The fraction of sp³-hybridized carbons (Fsp3) is 0.316. The topological polar surface area (TPSA) is 97.5 Å². The highest BCUT2D eigenvalue weighted by Crippen LogP contribution is 2.21. The van der Waals surface area contributed by atoms with Gasteiger partial charge in [0, 0.05) is 17.4 Å². The number of benzene rings is 1. The molecule has 1 amide bonds. The zero-order valence-corrected chi connectivity index (χ0v) is 15.8. The highest BCUT2D eigenvalue weighted by atomic mass is 19.2. The van der Waals surface area contributed by atoms with Crippen molar-refractivity contribution in [1.82, 2.24) is 4.98 Å². The largest absolute Gasteiger partial charge is 0.461 e. The molecule has 0 fully saturated rings. The van der Waals surface area contributed by atoms with E-state index in [1.165, 1.54) is 13.0 Å². The summed E-state index contributed by atoms with van der Waals surface area (Å²) in [6, 6.07) is 2.86. The predicted octanol–water partition coefficient (Wildman–Crippen LogP) is 3.27. The molecule has 28 heavy (non-hydrogen) atoms. The molecule has 0 aliphatic carbocycles. The van der Waals surface area contributed by atoms with Crippen LogP contribution in [0.2, 0.25) is 0 Å². The molecule has 0 aliphatic rings. The number of aryl methyl sites for hydroxylation is 1. The summed E-state index contributed by atoms with van der Waals surface area (Å²) in [5.74, 6) is -4.31. The number of halogens is 2. The number of hydrogen-bond acceptors (Lipinski definition) is 5. The first-order chi connectivity index (χ1) is 13.1. The summed E-state index contributed by atoms with van der Waals surface area (Å²) in [5, 5.41) is 2.33. The minimum atomic E-state index is -1.22. The van der Waals surface area contributed by atoms with Crippen molar-refractivity contribution in [1.29, 1.82) is 0 Å². The first-order valence-corrected chi connectivity index (χ1v) is 8.48. The van der Waals surface area contributed by atoms with Gasteiger partial charge in [0.1, 0.15) is 5.69 Å². The van der Waals surface area contributed by atoms with Gasteiger partial charge in [-0.25, -0.2) is 18.4 Å². The first kappa shape index (κ1) is 21.1. The number of hydrogen-bond donors (Lipinski definition) is 2. The van der Waals surface area contributed by atoms with E-state index >= 15 is 0 Å². The zero-order chi connectivity index (χ0) is 21.0. The smallest absolute Gasteiger partial charge is 0.355 e. The molecule has 9 heteroatoms.